The van der Waals surface area contributed by atoms with Crippen molar-refractivity contribution in [1.29, 1.82) is 0 Å². The van der Waals surface area contributed by atoms with E-state index in [1.54, 1.807) is 0 Å². The first-order chi connectivity index (χ1) is 9.19. The first-order valence-corrected chi connectivity index (χ1v) is 7.77. The summed E-state index contributed by atoms with van der Waals surface area (Å²) in [6.45, 7) is 0.953. The van der Waals surface area contributed by atoms with Crippen LogP contribution in [0.4, 0.5) is 0 Å². The fourth-order valence-corrected chi connectivity index (χ4v) is 2.82. The van der Waals surface area contributed by atoms with Gasteiger partial charge in [-0.25, -0.2) is 0 Å². The number of rotatable bonds is 5. The highest BCUT2D eigenvalue weighted by molar-refractivity contribution is 9.10. The lowest BCUT2D eigenvalue weighted by Gasteiger charge is -2.17. The Bertz CT molecular complexity index is 526. The molecule has 0 aliphatic carbocycles. The van der Waals surface area contributed by atoms with Gasteiger partial charge in [0.05, 0.1) is 0 Å². The highest BCUT2D eigenvalue weighted by Crippen LogP contribution is 2.23. The maximum atomic E-state index is 4.23. The van der Waals surface area contributed by atoms with Crippen molar-refractivity contribution in [3.05, 3.63) is 62.8 Å². The summed E-state index contributed by atoms with van der Waals surface area (Å²) in [7, 11) is 1.99. The molecular formula is C15H16Br2N2. The maximum Gasteiger partial charge on any atom is 0.0410 e. The molecule has 2 rings (SSSR count). The number of likely N-dealkylation sites (N-methyl/N-ethyl adjacent to an activating group) is 1. The van der Waals surface area contributed by atoms with Gasteiger partial charge in [-0.2, -0.15) is 0 Å². The Hall–Kier alpha value is -0.710. The topological polar surface area (TPSA) is 24.9 Å². The molecule has 1 aromatic heterocycles. The second-order valence-corrected chi connectivity index (χ2v) is 6.35. The number of nitrogens with one attached hydrogen (secondary N) is 1. The highest BCUT2D eigenvalue weighted by atomic mass is 79.9. The quantitative estimate of drug-likeness (QED) is 0.838. The number of aromatic nitrogens is 1. The minimum Gasteiger partial charge on any atom is -0.319 e. The molecule has 4 heteroatoms. The lowest BCUT2D eigenvalue weighted by molar-refractivity contribution is 0.624. The second-order valence-electron chi connectivity index (χ2n) is 4.52. The zero-order valence-electron chi connectivity index (χ0n) is 10.7. The Kier molecular flexibility index (Phi) is 5.55. The lowest BCUT2D eigenvalue weighted by atomic mass is 9.92. The van der Waals surface area contributed by atoms with E-state index in [1.165, 1.54) is 11.1 Å². The van der Waals surface area contributed by atoms with Gasteiger partial charge in [0.25, 0.3) is 0 Å². The van der Waals surface area contributed by atoms with Gasteiger partial charge in [0.1, 0.15) is 0 Å². The third-order valence-electron chi connectivity index (χ3n) is 3.04. The number of hydrogen-bond donors (Lipinski definition) is 1. The summed E-state index contributed by atoms with van der Waals surface area (Å²) in [4.78, 5) is 4.23. The van der Waals surface area contributed by atoms with Crippen molar-refractivity contribution in [2.45, 2.75) is 12.3 Å². The van der Waals surface area contributed by atoms with Crippen LogP contribution in [0.2, 0.25) is 0 Å². The Morgan fingerprint density at radius 2 is 1.84 bits per heavy atom. The minimum absolute atomic E-state index is 0.453. The van der Waals surface area contributed by atoms with Gasteiger partial charge < -0.3 is 5.32 Å². The van der Waals surface area contributed by atoms with E-state index >= 15 is 0 Å². The summed E-state index contributed by atoms with van der Waals surface area (Å²) in [6.07, 6.45) is 4.73. The highest BCUT2D eigenvalue weighted by Gasteiger charge is 2.12. The average Bonchev–Trinajstić information content (AvgIpc) is 2.39. The van der Waals surface area contributed by atoms with E-state index in [9.17, 15) is 0 Å². The Balaban J connectivity index is 2.18. The molecule has 2 nitrogen and oxygen atoms in total. The third kappa shape index (κ3) is 4.41. The molecule has 0 bridgehead atoms. The molecule has 0 amide bonds. The van der Waals surface area contributed by atoms with Gasteiger partial charge in [0.15, 0.2) is 0 Å². The number of hydrogen-bond acceptors (Lipinski definition) is 2. The standard InChI is InChI=1S/C15H16Br2N2/c1-18-9-13(12-2-4-14(16)5-3-12)6-11-7-15(17)10-19-8-11/h2-5,7-8,10,13,18H,6,9H2,1H3. The number of nitrogens with zero attached hydrogens (tertiary/aromatic N) is 1. The third-order valence-corrected chi connectivity index (χ3v) is 4.00. The van der Waals surface area contributed by atoms with Gasteiger partial charge >= 0.3 is 0 Å². The van der Waals surface area contributed by atoms with Crippen LogP contribution in [-0.4, -0.2) is 18.6 Å². The molecule has 0 aliphatic rings. The SMILES string of the molecule is CNCC(Cc1cncc(Br)c1)c1ccc(Br)cc1. The zero-order chi connectivity index (χ0) is 13.7. The van der Waals surface area contributed by atoms with Crippen LogP contribution in [0.15, 0.2) is 51.7 Å². The van der Waals surface area contributed by atoms with E-state index in [0.717, 1.165) is 21.9 Å². The Morgan fingerprint density at radius 3 is 2.47 bits per heavy atom. The predicted octanol–water partition coefficient (Wildman–Crippen LogP) is 4.15. The smallest absolute Gasteiger partial charge is 0.0410 e. The number of pyridine rings is 1. The number of halogens is 2. The molecule has 1 N–H and O–H groups in total. The van der Waals surface area contributed by atoms with Crippen LogP contribution in [0.1, 0.15) is 17.0 Å². The van der Waals surface area contributed by atoms with Crippen molar-refractivity contribution >= 4 is 31.9 Å². The normalized spacial score (nSPS) is 12.4. The fraction of sp³-hybridized carbons (Fsp3) is 0.267. The van der Waals surface area contributed by atoms with Crippen LogP contribution in [0.3, 0.4) is 0 Å². The molecule has 1 unspecified atom stereocenters. The van der Waals surface area contributed by atoms with Crippen molar-refractivity contribution in [3.8, 4) is 0 Å². The molecule has 0 saturated carbocycles. The monoisotopic (exact) mass is 382 g/mol. The van der Waals surface area contributed by atoms with Crippen molar-refractivity contribution in [1.82, 2.24) is 10.3 Å². The Labute approximate surface area is 130 Å². The fourth-order valence-electron chi connectivity index (χ4n) is 2.14. The summed E-state index contributed by atoms with van der Waals surface area (Å²) in [6, 6.07) is 10.7. The molecule has 1 atom stereocenters. The van der Waals surface area contributed by atoms with E-state index in [0.29, 0.717) is 5.92 Å². The molecule has 100 valence electrons. The molecule has 2 aromatic rings. The van der Waals surface area contributed by atoms with Crippen molar-refractivity contribution in [2.75, 3.05) is 13.6 Å². The van der Waals surface area contributed by atoms with Gasteiger partial charge in [-0.3, -0.25) is 4.98 Å². The largest absolute Gasteiger partial charge is 0.319 e. The van der Waals surface area contributed by atoms with Crippen LogP contribution in [0, 0.1) is 0 Å². The van der Waals surface area contributed by atoms with Gasteiger partial charge in [0, 0.05) is 33.8 Å². The second kappa shape index (κ2) is 7.17. The van der Waals surface area contributed by atoms with E-state index in [1.807, 2.05) is 19.4 Å². The molecular weight excluding hydrogens is 368 g/mol. The number of benzene rings is 1. The van der Waals surface area contributed by atoms with Gasteiger partial charge in [0.2, 0.25) is 0 Å². The minimum atomic E-state index is 0.453. The Morgan fingerprint density at radius 1 is 1.11 bits per heavy atom. The summed E-state index contributed by atoms with van der Waals surface area (Å²) in [5, 5.41) is 3.27. The first kappa shape index (κ1) is 14.7. The molecule has 19 heavy (non-hydrogen) atoms. The molecule has 0 fully saturated rings. The summed E-state index contributed by atoms with van der Waals surface area (Å²) >= 11 is 6.95. The van der Waals surface area contributed by atoms with Gasteiger partial charge in [-0.1, -0.05) is 28.1 Å². The molecule has 1 heterocycles. The van der Waals surface area contributed by atoms with Crippen molar-refractivity contribution in [3.63, 3.8) is 0 Å². The molecule has 1 aromatic carbocycles. The summed E-state index contributed by atoms with van der Waals surface area (Å²) in [5.74, 6) is 0.453. The van der Waals surface area contributed by atoms with Gasteiger partial charge in [-0.15, -0.1) is 0 Å². The van der Waals surface area contributed by atoms with E-state index in [-0.39, 0.29) is 0 Å². The summed E-state index contributed by atoms with van der Waals surface area (Å²) < 4.78 is 2.15. The van der Waals surface area contributed by atoms with Gasteiger partial charge in [-0.05, 0) is 58.7 Å². The maximum absolute atomic E-state index is 4.23. The van der Waals surface area contributed by atoms with E-state index in [2.05, 4.69) is 72.5 Å². The average molecular weight is 384 g/mol. The summed E-state index contributed by atoms with van der Waals surface area (Å²) in [5.41, 5.74) is 2.59. The van der Waals surface area contributed by atoms with Crippen LogP contribution >= 0.6 is 31.9 Å². The molecule has 0 radical (unpaired) electrons. The first-order valence-electron chi connectivity index (χ1n) is 6.18. The van der Waals surface area contributed by atoms with E-state index < -0.39 is 0 Å². The lowest BCUT2D eigenvalue weighted by Crippen LogP contribution is -2.19. The predicted molar refractivity (Wildman–Crippen MR) is 86.5 cm³/mol. The van der Waals surface area contributed by atoms with E-state index in [4.69, 9.17) is 0 Å². The van der Waals surface area contributed by atoms with Crippen LogP contribution in [0.25, 0.3) is 0 Å². The van der Waals surface area contributed by atoms with Crippen molar-refractivity contribution < 1.29 is 0 Å². The molecule has 0 spiro atoms. The van der Waals surface area contributed by atoms with Crippen LogP contribution in [0.5, 0.6) is 0 Å². The molecule has 0 saturated heterocycles. The molecule has 0 aliphatic heterocycles. The zero-order valence-corrected chi connectivity index (χ0v) is 13.9. The van der Waals surface area contributed by atoms with Crippen LogP contribution < -0.4 is 5.32 Å². The van der Waals surface area contributed by atoms with Crippen LogP contribution in [-0.2, 0) is 6.42 Å². The van der Waals surface area contributed by atoms with Crippen molar-refractivity contribution in [2.24, 2.45) is 0 Å².